The summed E-state index contributed by atoms with van der Waals surface area (Å²) in [5.41, 5.74) is 2.02. The van der Waals surface area contributed by atoms with Gasteiger partial charge in [0.25, 0.3) is 0 Å². The number of hydrogen-bond acceptors (Lipinski definition) is 3. The number of amides is 2. The molecule has 0 bridgehead atoms. The van der Waals surface area contributed by atoms with E-state index in [1.807, 2.05) is 42.5 Å². The van der Waals surface area contributed by atoms with Crippen LogP contribution in [-0.4, -0.2) is 26.8 Å². The first-order chi connectivity index (χ1) is 11.6. The Balaban J connectivity index is 1.82. The van der Waals surface area contributed by atoms with Crippen molar-refractivity contribution in [3.63, 3.8) is 0 Å². The summed E-state index contributed by atoms with van der Waals surface area (Å²) in [4.78, 5) is 11.9. The molecule has 128 valence electrons. The smallest absolute Gasteiger partial charge is 0.315 e. The van der Waals surface area contributed by atoms with Crippen molar-refractivity contribution in [2.45, 2.75) is 13.0 Å². The van der Waals surface area contributed by atoms with Crippen molar-refractivity contribution in [3.05, 3.63) is 58.1 Å². The van der Waals surface area contributed by atoms with E-state index in [0.717, 1.165) is 27.8 Å². The van der Waals surface area contributed by atoms with Crippen LogP contribution >= 0.6 is 15.9 Å². The number of halogens is 1. The van der Waals surface area contributed by atoms with Gasteiger partial charge in [-0.05, 0) is 36.2 Å². The van der Waals surface area contributed by atoms with Crippen LogP contribution < -0.4 is 20.1 Å². The summed E-state index contributed by atoms with van der Waals surface area (Å²) in [5.74, 6) is 1.44. The highest BCUT2D eigenvalue weighted by Gasteiger charge is 2.07. The van der Waals surface area contributed by atoms with E-state index in [2.05, 4.69) is 26.6 Å². The van der Waals surface area contributed by atoms with Gasteiger partial charge in [-0.25, -0.2) is 4.79 Å². The van der Waals surface area contributed by atoms with Gasteiger partial charge in [0.15, 0.2) is 0 Å². The fraction of sp³-hybridized carbons (Fsp3) is 0.278. The van der Waals surface area contributed by atoms with Gasteiger partial charge in [0.1, 0.15) is 11.5 Å². The normalized spacial score (nSPS) is 10.1. The lowest BCUT2D eigenvalue weighted by Gasteiger charge is -2.12. The molecule has 2 rings (SSSR count). The van der Waals surface area contributed by atoms with Crippen LogP contribution in [0.3, 0.4) is 0 Å². The van der Waals surface area contributed by atoms with Crippen molar-refractivity contribution in [2.24, 2.45) is 0 Å². The predicted octanol–water partition coefficient (Wildman–Crippen LogP) is 3.51. The summed E-state index contributed by atoms with van der Waals surface area (Å²) in [7, 11) is 3.20. The molecule has 6 heteroatoms. The van der Waals surface area contributed by atoms with Crippen molar-refractivity contribution in [2.75, 3.05) is 20.8 Å². The summed E-state index contributed by atoms with van der Waals surface area (Å²) in [6, 6.07) is 13.2. The maximum atomic E-state index is 11.9. The third-order valence-corrected chi connectivity index (χ3v) is 4.34. The third-order valence-electron chi connectivity index (χ3n) is 3.56. The number of hydrogen-bond donors (Lipinski definition) is 2. The summed E-state index contributed by atoms with van der Waals surface area (Å²) in [5, 5.41) is 5.68. The quantitative estimate of drug-likeness (QED) is 0.757. The van der Waals surface area contributed by atoms with Gasteiger partial charge in [-0.1, -0.05) is 34.1 Å². The number of carbonyl (C=O) groups excluding carboxylic acids is 1. The van der Waals surface area contributed by atoms with Gasteiger partial charge in [0, 0.05) is 23.1 Å². The molecule has 0 unspecified atom stereocenters. The molecule has 0 saturated heterocycles. The fourth-order valence-electron chi connectivity index (χ4n) is 2.27. The molecule has 2 amide bonds. The number of methoxy groups -OCH3 is 2. The summed E-state index contributed by atoms with van der Waals surface area (Å²) >= 11 is 3.50. The zero-order chi connectivity index (χ0) is 17.4. The molecule has 0 aliphatic carbocycles. The predicted molar refractivity (Wildman–Crippen MR) is 97.6 cm³/mol. The van der Waals surface area contributed by atoms with Crippen LogP contribution in [0.2, 0.25) is 0 Å². The SMILES string of the molecule is COc1ccc(OC)c(CNC(=O)NCCc2ccccc2Br)c1. The summed E-state index contributed by atoms with van der Waals surface area (Å²) in [6.45, 7) is 0.922. The Morgan fingerprint density at radius 1 is 1.04 bits per heavy atom. The molecule has 0 spiro atoms. The van der Waals surface area contributed by atoms with Crippen LogP contribution in [-0.2, 0) is 13.0 Å². The lowest BCUT2D eigenvalue weighted by Crippen LogP contribution is -2.36. The van der Waals surface area contributed by atoms with Crippen LogP contribution in [0.1, 0.15) is 11.1 Å². The molecular formula is C18H21BrN2O3. The highest BCUT2D eigenvalue weighted by Crippen LogP contribution is 2.23. The average Bonchev–Trinajstić information content (AvgIpc) is 2.61. The Labute approximate surface area is 150 Å². The Bertz CT molecular complexity index is 692. The lowest BCUT2D eigenvalue weighted by atomic mass is 10.1. The van der Waals surface area contributed by atoms with E-state index in [4.69, 9.17) is 9.47 Å². The van der Waals surface area contributed by atoms with Crippen molar-refractivity contribution in [1.29, 1.82) is 0 Å². The molecule has 0 fully saturated rings. The van der Waals surface area contributed by atoms with Gasteiger partial charge in [-0.2, -0.15) is 0 Å². The standard InChI is InChI=1S/C18H21BrN2O3/c1-23-15-7-8-17(24-2)14(11-15)12-21-18(22)20-10-9-13-5-3-4-6-16(13)19/h3-8,11H,9-10,12H2,1-2H3,(H2,20,21,22). The van der Waals surface area contributed by atoms with Crippen molar-refractivity contribution < 1.29 is 14.3 Å². The molecule has 0 aliphatic rings. The van der Waals surface area contributed by atoms with Gasteiger partial charge in [-0.3, -0.25) is 0 Å². The maximum Gasteiger partial charge on any atom is 0.315 e. The molecule has 0 saturated carbocycles. The number of ether oxygens (including phenoxy) is 2. The van der Waals surface area contributed by atoms with Crippen LogP contribution in [0.15, 0.2) is 46.9 Å². The third kappa shape index (κ3) is 5.16. The Kier molecular flexibility index (Phi) is 6.93. The second-order valence-corrected chi connectivity index (χ2v) is 5.98. The van der Waals surface area contributed by atoms with Gasteiger partial charge in [0.2, 0.25) is 0 Å². The number of nitrogens with one attached hydrogen (secondary N) is 2. The lowest BCUT2D eigenvalue weighted by molar-refractivity contribution is 0.240. The minimum absolute atomic E-state index is 0.216. The molecule has 24 heavy (non-hydrogen) atoms. The molecule has 2 aromatic rings. The first-order valence-electron chi connectivity index (χ1n) is 7.60. The molecule has 0 aliphatic heterocycles. The maximum absolute atomic E-state index is 11.9. The van der Waals surface area contributed by atoms with E-state index in [1.165, 1.54) is 0 Å². The van der Waals surface area contributed by atoms with E-state index in [9.17, 15) is 4.79 Å². The first-order valence-corrected chi connectivity index (χ1v) is 8.39. The van der Waals surface area contributed by atoms with Gasteiger partial charge >= 0.3 is 6.03 Å². The number of benzene rings is 2. The number of urea groups is 1. The molecule has 0 atom stereocenters. The second-order valence-electron chi connectivity index (χ2n) is 5.13. The average molecular weight is 393 g/mol. The second kappa shape index (κ2) is 9.17. The monoisotopic (exact) mass is 392 g/mol. The number of carbonyl (C=O) groups is 1. The molecular weight excluding hydrogens is 372 g/mol. The van der Waals surface area contributed by atoms with Crippen molar-refractivity contribution in [1.82, 2.24) is 10.6 Å². The zero-order valence-corrected chi connectivity index (χ0v) is 15.4. The highest BCUT2D eigenvalue weighted by molar-refractivity contribution is 9.10. The fourth-order valence-corrected chi connectivity index (χ4v) is 2.75. The highest BCUT2D eigenvalue weighted by atomic mass is 79.9. The van der Waals surface area contributed by atoms with E-state index in [0.29, 0.717) is 18.8 Å². The van der Waals surface area contributed by atoms with Crippen LogP contribution in [0.5, 0.6) is 11.5 Å². The number of rotatable bonds is 7. The minimum Gasteiger partial charge on any atom is -0.497 e. The molecule has 2 N–H and O–H groups in total. The van der Waals surface area contributed by atoms with E-state index in [1.54, 1.807) is 14.2 Å². The first kappa shape index (κ1) is 18.1. The molecule has 0 aromatic heterocycles. The largest absolute Gasteiger partial charge is 0.497 e. The topological polar surface area (TPSA) is 59.6 Å². The Hall–Kier alpha value is -2.21. The van der Waals surface area contributed by atoms with E-state index in [-0.39, 0.29) is 6.03 Å². The van der Waals surface area contributed by atoms with Crippen LogP contribution in [0, 0.1) is 0 Å². The van der Waals surface area contributed by atoms with Gasteiger partial charge < -0.3 is 20.1 Å². The minimum atomic E-state index is -0.216. The summed E-state index contributed by atoms with van der Waals surface area (Å²) in [6.07, 6.45) is 0.761. The Morgan fingerprint density at radius 2 is 1.83 bits per heavy atom. The Morgan fingerprint density at radius 3 is 2.54 bits per heavy atom. The molecule has 0 heterocycles. The van der Waals surface area contributed by atoms with Crippen LogP contribution in [0.25, 0.3) is 0 Å². The van der Waals surface area contributed by atoms with Gasteiger partial charge in [-0.15, -0.1) is 0 Å². The van der Waals surface area contributed by atoms with Crippen LogP contribution in [0.4, 0.5) is 4.79 Å². The van der Waals surface area contributed by atoms with Gasteiger partial charge in [0.05, 0.1) is 14.2 Å². The molecule has 0 radical (unpaired) electrons. The van der Waals surface area contributed by atoms with E-state index < -0.39 is 0 Å². The van der Waals surface area contributed by atoms with Crippen molar-refractivity contribution >= 4 is 22.0 Å². The molecule has 5 nitrogen and oxygen atoms in total. The van der Waals surface area contributed by atoms with E-state index >= 15 is 0 Å². The zero-order valence-electron chi connectivity index (χ0n) is 13.8. The molecule has 2 aromatic carbocycles. The van der Waals surface area contributed by atoms with Crippen molar-refractivity contribution in [3.8, 4) is 11.5 Å². The summed E-state index contributed by atoms with van der Waals surface area (Å²) < 4.78 is 11.5.